The zero-order chi connectivity index (χ0) is 21.9. The molecular formula is C23H40FN5O. The molecule has 1 aromatic carbocycles. The molecule has 1 saturated heterocycles. The minimum atomic E-state index is -0.207. The van der Waals surface area contributed by atoms with Crippen LogP contribution >= 0.6 is 0 Å². The Kier molecular flexibility index (Phi) is 10.5. The molecule has 0 saturated carbocycles. The maximum atomic E-state index is 13.4. The molecule has 0 aromatic heterocycles. The van der Waals surface area contributed by atoms with Gasteiger partial charge in [-0.05, 0) is 51.8 Å². The van der Waals surface area contributed by atoms with E-state index in [9.17, 15) is 4.39 Å². The lowest BCUT2D eigenvalue weighted by molar-refractivity contribution is 0.0170. The Labute approximate surface area is 181 Å². The molecule has 1 aromatic rings. The second kappa shape index (κ2) is 12.9. The number of guanidine groups is 1. The molecule has 0 amide bonds. The van der Waals surface area contributed by atoms with Crippen LogP contribution in [0.15, 0.2) is 29.3 Å². The standard InChI is InChI=1S/C23H40FN5O/c1-18(2)29(19(3)4)12-6-11-26-23(25-5)27-17-22(28-13-15-30-16-14-28)20-7-9-21(24)10-8-20/h7-10,18-19,22H,6,11-17H2,1-5H3,(H2,25,26,27). The van der Waals surface area contributed by atoms with Crippen LogP contribution in [0.5, 0.6) is 0 Å². The number of benzene rings is 1. The van der Waals surface area contributed by atoms with Crippen LogP contribution in [0.2, 0.25) is 0 Å². The number of halogens is 1. The predicted molar refractivity (Wildman–Crippen MR) is 122 cm³/mol. The molecule has 1 atom stereocenters. The van der Waals surface area contributed by atoms with Crippen LogP contribution in [-0.4, -0.2) is 80.8 Å². The second-order valence-electron chi connectivity index (χ2n) is 8.37. The summed E-state index contributed by atoms with van der Waals surface area (Å²) in [6, 6.07) is 8.06. The molecule has 1 aliphatic heterocycles. The summed E-state index contributed by atoms with van der Waals surface area (Å²) in [7, 11) is 1.80. The highest BCUT2D eigenvalue weighted by Crippen LogP contribution is 2.21. The molecule has 1 unspecified atom stereocenters. The number of hydrogen-bond acceptors (Lipinski definition) is 4. The van der Waals surface area contributed by atoms with Crippen molar-refractivity contribution >= 4 is 5.96 Å². The largest absolute Gasteiger partial charge is 0.379 e. The maximum Gasteiger partial charge on any atom is 0.191 e. The normalized spacial score (nSPS) is 17.0. The van der Waals surface area contributed by atoms with Gasteiger partial charge in [-0.25, -0.2) is 4.39 Å². The van der Waals surface area contributed by atoms with Crippen molar-refractivity contribution in [2.45, 2.75) is 52.2 Å². The van der Waals surface area contributed by atoms with Crippen LogP contribution in [-0.2, 0) is 4.74 Å². The molecule has 1 aliphatic rings. The molecule has 0 bridgehead atoms. The molecule has 30 heavy (non-hydrogen) atoms. The third-order valence-electron chi connectivity index (χ3n) is 5.64. The van der Waals surface area contributed by atoms with E-state index in [2.05, 4.69) is 53.1 Å². The van der Waals surface area contributed by atoms with Crippen LogP contribution in [0.4, 0.5) is 4.39 Å². The average molecular weight is 422 g/mol. The van der Waals surface area contributed by atoms with Crippen LogP contribution < -0.4 is 10.6 Å². The van der Waals surface area contributed by atoms with Crippen LogP contribution in [0.1, 0.15) is 45.7 Å². The fraction of sp³-hybridized carbons (Fsp3) is 0.696. The van der Waals surface area contributed by atoms with Gasteiger partial charge in [0.15, 0.2) is 5.96 Å². The Morgan fingerprint density at radius 3 is 2.30 bits per heavy atom. The van der Waals surface area contributed by atoms with Gasteiger partial charge in [0.25, 0.3) is 0 Å². The van der Waals surface area contributed by atoms with Gasteiger partial charge in [0, 0.05) is 51.9 Å². The number of nitrogens with one attached hydrogen (secondary N) is 2. The molecular weight excluding hydrogens is 381 g/mol. The highest BCUT2D eigenvalue weighted by Gasteiger charge is 2.23. The first-order chi connectivity index (χ1) is 14.4. The van der Waals surface area contributed by atoms with Crippen molar-refractivity contribution in [1.29, 1.82) is 0 Å². The number of aliphatic imine (C=N–C) groups is 1. The molecule has 0 aliphatic carbocycles. The van der Waals surface area contributed by atoms with Gasteiger partial charge in [-0.3, -0.25) is 14.8 Å². The van der Waals surface area contributed by atoms with E-state index in [1.807, 2.05) is 12.1 Å². The van der Waals surface area contributed by atoms with Crippen LogP contribution in [0, 0.1) is 5.82 Å². The average Bonchev–Trinajstić information content (AvgIpc) is 2.73. The Balaban J connectivity index is 1.88. The molecule has 170 valence electrons. The zero-order valence-corrected chi connectivity index (χ0v) is 19.3. The summed E-state index contributed by atoms with van der Waals surface area (Å²) < 4.78 is 18.9. The van der Waals surface area contributed by atoms with E-state index in [1.54, 1.807) is 7.05 Å². The van der Waals surface area contributed by atoms with E-state index in [1.165, 1.54) is 12.1 Å². The molecule has 1 heterocycles. The minimum Gasteiger partial charge on any atom is -0.379 e. The lowest BCUT2D eigenvalue weighted by atomic mass is 10.0. The van der Waals surface area contributed by atoms with E-state index in [0.717, 1.165) is 57.3 Å². The van der Waals surface area contributed by atoms with Crippen molar-refractivity contribution in [3.8, 4) is 0 Å². The Bertz CT molecular complexity index is 621. The Morgan fingerprint density at radius 1 is 1.10 bits per heavy atom. The van der Waals surface area contributed by atoms with E-state index < -0.39 is 0 Å². The lowest BCUT2D eigenvalue weighted by Crippen LogP contribution is -2.46. The minimum absolute atomic E-state index is 0.144. The summed E-state index contributed by atoms with van der Waals surface area (Å²) in [5.74, 6) is 0.595. The zero-order valence-electron chi connectivity index (χ0n) is 19.3. The van der Waals surface area contributed by atoms with E-state index >= 15 is 0 Å². The number of morpholine rings is 1. The third-order valence-corrected chi connectivity index (χ3v) is 5.64. The molecule has 7 heteroatoms. The summed E-state index contributed by atoms with van der Waals surface area (Å²) in [6.07, 6.45) is 1.06. The highest BCUT2D eigenvalue weighted by atomic mass is 19.1. The van der Waals surface area contributed by atoms with E-state index in [-0.39, 0.29) is 11.9 Å². The van der Waals surface area contributed by atoms with E-state index in [4.69, 9.17) is 4.74 Å². The topological polar surface area (TPSA) is 52.1 Å². The summed E-state index contributed by atoms with van der Waals surface area (Å²) in [5.41, 5.74) is 1.10. The summed E-state index contributed by atoms with van der Waals surface area (Å²) in [5, 5.41) is 6.89. The number of rotatable bonds is 10. The van der Waals surface area contributed by atoms with Crippen molar-refractivity contribution in [1.82, 2.24) is 20.4 Å². The van der Waals surface area contributed by atoms with Gasteiger partial charge in [0.2, 0.25) is 0 Å². The summed E-state index contributed by atoms with van der Waals surface area (Å²) in [4.78, 5) is 9.27. The Hall–Kier alpha value is -1.70. The first-order valence-electron chi connectivity index (χ1n) is 11.2. The van der Waals surface area contributed by atoms with Crippen LogP contribution in [0.25, 0.3) is 0 Å². The molecule has 2 rings (SSSR count). The number of ether oxygens (including phenoxy) is 1. The molecule has 0 radical (unpaired) electrons. The van der Waals surface area contributed by atoms with Crippen molar-refractivity contribution in [2.75, 3.05) is 53.0 Å². The van der Waals surface area contributed by atoms with Gasteiger partial charge in [-0.2, -0.15) is 0 Å². The maximum absolute atomic E-state index is 13.4. The van der Waals surface area contributed by atoms with Crippen LogP contribution in [0.3, 0.4) is 0 Å². The van der Waals surface area contributed by atoms with E-state index in [0.29, 0.717) is 18.6 Å². The smallest absolute Gasteiger partial charge is 0.191 e. The Morgan fingerprint density at radius 2 is 1.73 bits per heavy atom. The van der Waals surface area contributed by atoms with Crippen molar-refractivity contribution < 1.29 is 9.13 Å². The van der Waals surface area contributed by atoms with Gasteiger partial charge in [-0.1, -0.05) is 12.1 Å². The van der Waals surface area contributed by atoms with Crippen molar-refractivity contribution in [2.24, 2.45) is 4.99 Å². The molecule has 1 fully saturated rings. The monoisotopic (exact) mass is 421 g/mol. The summed E-state index contributed by atoms with van der Waals surface area (Å²) in [6.45, 7) is 14.8. The van der Waals surface area contributed by atoms with Gasteiger partial charge >= 0.3 is 0 Å². The van der Waals surface area contributed by atoms with Gasteiger partial charge in [0.05, 0.1) is 19.3 Å². The second-order valence-corrected chi connectivity index (χ2v) is 8.37. The van der Waals surface area contributed by atoms with Gasteiger partial charge in [0.1, 0.15) is 5.82 Å². The highest BCUT2D eigenvalue weighted by molar-refractivity contribution is 5.79. The molecule has 0 spiro atoms. The molecule has 6 nitrogen and oxygen atoms in total. The first-order valence-corrected chi connectivity index (χ1v) is 11.2. The molecule has 2 N–H and O–H groups in total. The predicted octanol–water partition coefficient (Wildman–Crippen LogP) is 2.87. The SMILES string of the molecule is CN=C(NCCCN(C(C)C)C(C)C)NCC(c1ccc(F)cc1)N1CCOCC1. The summed E-state index contributed by atoms with van der Waals surface area (Å²) >= 11 is 0. The third kappa shape index (κ3) is 7.85. The quantitative estimate of drug-likeness (QED) is 0.346. The first kappa shape index (κ1) is 24.6. The fourth-order valence-electron chi connectivity index (χ4n) is 4.03. The number of hydrogen-bond donors (Lipinski definition) is 2. The lowest BCUT2D eigenvalue weighted by Gasteiger charge is -2.35. The van der Waals surface area contributed by atoms with Gasteiger partial charge < -0.3 is 15.4 Å². The van der Waals surface area contributed by atoms with Crippen molar-refractivity contribution in [3.63, 3.8) is 0 Å². The number of nitrogens with zero attached hydrogens (tertiary/aromatic N) is 3. The fourth-order valence-corrected chi connectivity index (χ4v) is 4.03. The van der Waals surface area contributed by atoms with Crippen molar-refractivity contribution in [3.05, 3.63) is 35.6 Å². The van der Waals surface area contributed by atoms with Gasteiger partial charge in [-0.15, -0.1) is 0 Å².